The number of likely N-dealkylation sites (N-methyl/N-ethyl adjacent to an activating group) is 1. The molecule has 3 rings (SSSR count). The summed E-state index contributed by atoms with van der Waals surface area (Å²) in [7, 11) is -4.36. The van der Waals surface area contributed by atoms with E-state index in [2.05, 4.69) is 5.32 Å². The van der Waals surface area contributed by atoms with Crippen LogP contribution in [0.15, 0.2) is 77.7 Å². The SMILES string of the molecule is CCNC(=O)[C@@H](CC)N(Cc1c(Cl)cccc1Cl)C(=O)CN(c1ccccc1F)S(=O)(=O)c1ccccc1. The van der Waals surface area contributed by atoms with Crippen molar-refractivity contribution in [3.63, 3.8) is 0 Å². The van der Waals surface area contributed by atoms with E-state index in [0.717, 1.165) is 6.07 Å². The number of sulfonamides is 1. The summed E-state index contributed by atoms with van der Waals surface area (Å²) < 4.78 is 42.9. The van der Waals surface area contributed by atoms with Crippen molar-refractivity contribution in [2.75, 3.05) is 17.4 Å². The van der Waals surface area contributed by atoms with Crippen molar-refractivity contribution in [3.05, 3.63) is 94.2 Å². The Bertz CT molecular complexity index is 1370. The average Bonchev–Trinajstić information content (AvgIpc) is 2.89. The van der Waals surface area contributed by atoms with E-state index >= 15 is 0 Å². The van der Waals surface area contributed by atoms with Crippen molar-refractivity contribution in [3.8, 4) is 0 Å². The predicted octanol–water partition coefficient (Wildman–Crippen LogP) is 5.27. The van der Waals surface area contributed by atoms with Crippen LogP contribution in [0.1, 0.15) is 25.8 Å². The molecule has 0 aliphatic carbocycles. The van der Waals surface area contributed by atoms with Crippen molar-refractivity contribution in [2.45, 2.75) is 37.8 Å². The standard InChI is InChI=1S/C27H28Cl2FN3O4S/c1-3-24(27(35)31-4-2)32(17-20-21(28)13-10-14-22(20)29)26(34)18-33(25-16-9-8-15-23(25)30)38(36,37)19-11-6-5-7-12-19/h5-16,24H,3-4,17-18H2,1-2H3,(H,31,35)/t24-/m1/s1. The largest absolute Gasteiger partial charge is 0.355 e. The Balaban J connectivity index is 2.10. The smallest absolute Gasteiger partial charge is 0.264 e. The number of amides is 2. The number of nitrogens with zero attached hydrogens (tertiary/aromatic N) is 2. The molecule has 0 aliphatic heterocycles. The third-order valence-electron chi connectivity index (χ3n) is 5.86. The second-order valence-corrected chi connectivity index (χ2v) is 11.0. The Morgan fingerprint density at radius 2 is 1.53 bits per heavy atom. The Labute approximate surface area is 232 Å². The molecule has 0 bridgehead atoms. The van der Waals surface area contributed by atoms with E-state index in [1.54, 1.807) is 38.1 Å². The summed E-state index contributed by atoms with van der Waals surface area (Å²) in [5.74, 6) is -1.98. The van der Waals surface area contributed by atoms with Crippen LogP contribution in [0.2, 0.25) is 10.0 Å². The zero-order valence-corrected chi connectivity index (χ0v) is 23.2. The number of halogens is 3. The number of para-hydroxylation sites is 1. The lowest BCUT2D eigenvalue weighted by Crippen LogP contribution is -2.52. The van der Waals surface area contributed by atoms with Crippen LogP contribution >= 0.6 is 23.2 Å². The number of hydrogen-bond acceptors (Lipinski definition) is 4. The number of nitrogens with one attached hydrogen (secondary N) is 1. The normalized spacial score (nSPS) is 12.0. The summed E-state index contributed by atoms with van der Waals surface area (Å²) in [5.41, 5.74) is 0.0989. The minimum Gasteiger partial charge on any atom is -0.355 e. The molecule has 3 aromatic carbocycles. The lowest BCUT2D eigenvalue weighted by Gasteiger charge is -2.33. The molecule has 1 N–H and O–H groups in total. The number of carbonyl (C=O) groups is 2. The van der Waals surface area contributed by atoms with Gasteiger partial charge < -0.3 is 10.2 Å². The monoisotopic (exact) mass is 579 g/mol. The molecule has 11 heteroatoms. The minimum absolute atomic E-state index is 0.118. The summed E-state index contributed by atoms with van der Waals surface area (Å²) in [5, 5.41) is 3.27. The molecule has 202 valence electrons. The summed E-state index contributed by atoms with van der Waals surface area (Å²) in [6, 6.07) is 16.6. The molecule has 0 radical (unpaired) electrons. The Hall–Kier alpha value is -3.14. The predicted molar refractivity (Wildman–Crippen MR) is 147 cm³/mol. The fourth-order valence-electron chi connectivity index (χ4n) is 3.95. The lowest BCUT2D eigenvalue weighted by atomic mass is 10.1. The van der Waals surface area contributed by atoms with Crippen LogP contribution in [0.3, 0.4) is 0 Å². The van der Waals surface area contributed by atoms with Crippen molar-refractivity contribution in [1.82, 2.24) is 10.2 Å². The van der Waals surface area contributed by atoms with Crippen molar-refractivity contribution < 1.29 is 22.4 Å². The maximum atomic E-state index is 14.9. The maximum absolute atomic E-state index is 14.9. The number of rotatable bonds is 11. The molecule has 0 aromatic heterocycles. The van der Waals surface area contributed by atoms with E-state index in [1.165, 1.54) is 47.4 Å². The molecule has 0 saturated heterocycles. The molecule has 0 fully saturated rings. The van der Waals surface area contributed by atoms with Gasteiger partial charge in [-0.1, -0.05) is 66.5 Å². The summed E-state index contributed by atoms with van der Waals surface area (Å²) in [4.78, 5) is 27.9. The number of anilines is 1. The van der Waals surface area contributed by atoms with Gasteiger partial charge in [0.15, 0.2) is 0 Å². The van der Waals surface area contributed by atoms with Crippen molar-refractivity contribution in [2.24, 2.45) is 0 Å². The van der Waals surface area contributed by atoms with Gasteiger partial charge in [-0.05, 0) is 49.7 Å². The van der Waals surface area contributed by atoms with Gasteiger partial charge in [0.25, 0.3) is 10.0 Å². The first kappa shape index (κ1) is 29.4. The molecule has 1 atom stereocenters. The van der Waals surface area contributed by atoms with E-state index in [4.69, 9.17) is 23.2 Å². The van der Waals surface area contributed by atoms with E-state index in [0.29, 0.717) is 16.4 Å². The first-order valence-electron chi connectivity index (χ1n) is 11.9. The number of carbonyl (C=O) groups excluding carboxylic acids is 2. The van der Waals surface area contributed by atoms with E-state index < -0.39 is 40.2 Å². The molecular formula is C27H28Cl2FN3O4S. The van der Waals surface area contributed by atoms with Gasteiger partial charge in [0.1, 0.15) is 18.4 Å². The fourth-order valence-corrected chi connectivity index (χ4v) is 5.91. The third kappa shape index (κ3) is 6.64. The Morgan fingerprint density at radius 1 is 0.921 bits per heavy atom. The van der Waals surface area contributed by atoms with Crippen LogP contribution in [0.4, 0.5) is 10.1 Å². The van der Waals surface area contributed by atoms with Gasteiger partial charge in [0.05, 0.1) is 10.6 Å². The second-order valence-electron chi connectivity index (χ2n) is 8.32. The van der Waals surface area contributed by atoms with Gasteiger partial charge in [-0.15, -0.1) is 0 Å². The zero-order valence-electron chi connectivity index (χ0n) is 20.9. The van der Waals surface area contributed by atoms with Crippen molar-refractivity contribution >= 4 is 50.7 Å². The van der Waals surface area contributed by atoms with Crippen molar-refractivity contribution in [1.29, 1.82) is 0 Å². The molecule has 0 unspecified atom stereocenters. The summed E-state index contributed by atoms with van der Waals surface area (Å²) in [6.45, 7) is 2.87. The second kappa shape index (κ2) is 13.1. The number of benzene rings is 3. The fraction of sp³-hybridized carbons (Fsp3) is 0.259. The lowest BCUT2D eigenvalue weighted by molar-refractivity contribution is -0.140. The first-order valence-corrected chi connectivity index (χ1v) is 14.1. The van der Waals surface area contributed by atoms with Crippen LogP contribution in [-0.4, -0.2) is 44.3 Å². The molecule has 7 nitrogen and oxygen atoms in total. The van der Waals surface area contributed by atoms with Crippen LogP contribution in [-0.2, 0) is 26.2 Å². The van der Waals surface area contributed by atoms with Gasteiger partial charge in [-0.3, -0.25) is 13.9 Å². The highest BCUT2D eigenvalue weighted by molar-refractivity contribution is 7.92. The quantitative estimate of drug-likeness (QED) is 0.335. The van der Waals surface area contributed by atoms with Gasteiger partial charge in [-0.25, -0.2) is 12.8 Å². The molecule has 0 heterocycles. The van der Waals surface area contributed by atoms with Crippen LogP contribution < -0.4 is 9.62 Å². The number of hydrogen-bond donors (Lipinski definition) is 1. The molecule has 2 amide bonds. The summed E-state index contributed by atoms with van der Waals surface area (Å²) in [6.07, 6.45) is 0.227. The molecule has 0 saturated carbocycles. The highest BCUT2D eigenvalue weighted by atomic mass is 35.5. The highest BCUT2D eigenvalue weighted by Crippen LogP contribution is 2.29. The Kier molecular flexibility index (Phi) is 10.1. The van der Waals surface area contributed by atoms with Crippen LogP contribution in [0, 0.1) is 5.82 Å². The van der Waals surface area contributed by atoms with E-state index in [9.17, 15) is 22.4 Å². The van der Waals surface area contributed by atoms with Crippen LogP contribution in [0.5, 0.6) is 0 Å². The third-order valence-corrected chi connectivity index (χ3v) is 8.34. The molecule has 0 spiro atoms. The maximum Gasteiger partial charge on any atom is 0.264 e. The Morgan fingerprint density at radius 3 is 2.11 bits per heavy atom. The van der Waals surface area contributed by atoms with E-state index in [1.807, 2.05) is 0 Å². The van der Waals surface area contributed by atoms with Gasteiger partial charge in [0, 0.05) is 28.7 Å². The molecule has 0 aliphatic rings. The minimum atomic E-state index is -4.36. The summed E-state index contributed by atoms with van der Waals surface area (Å²) >= 11 is 12.7. The average molecular weight is 581 g/mol. The topological polar surface area (TPSA) is 86.8 Å². The van der Waals surface area contributed by atoms with E-state index in [-0.39, 0.29) is 33.6 Å². The van der Waals surface area contributed by atoms with Gasteiger partial charge in [-0.2, -0.15) is 0 Å². The molecule has 3 aromatic rings. The first-order chi connectivity index (χ1) is 18.1. The highest BCUT2D eigenvalue weighted by Gasteiger charge is 2.34. The molecule has 38 heavy (non-hydrogen) atoms. The molecular weight excluding hydrogens is 552 g/mol. The van der Waals surface area contributed by atoms with Gasteiger partial charge in [0.2, 0.25) is 11.8 Å². The van der Waals surface area contributed by atoms with Crippen LogP contribution in [0.25, 0.3) is 0 Å². The zero-order chi connectivity index (χ0) is 27.9. The van der Waals surface area contributed by atoms with Gasteiger partial charge >= 0.3 is 0 Å².